The molecule has 1 atom stereocenters. The third kappa shape index (κ3) is 3.66. The molecule has 5 nitrogen and oxygen atoms in total. The van der Waals surface area contributed by atoms with Crippen molar-refractivity contribution in [2.24, 2.45) is 11.5 Å². The molecular formula is C5H14N2O3S. The Morgan fingerprint density at radius 2 is 2.09 bits per heavy atom. The molecule has 0 bridgehead atoms. The summed E-state index contributed by atoms with van der Waals surface area (Å²) in [6, 6.07) is 0. The van der Waals surface area contributed by atoms with Crippen molar-refractivity contribution in [2.45, 2.75) is 18.7 Å². The van der Waals surface area contributed by atoms with Crippen LogP contribution in [0.2, 0.25) is 0 Å². The van der Waals surface area contributed by atoms with E-state index in [0.29, 0.717) is 0 Å². The molecule has 0 spiro atoms. The maximum atomic E-state index is 10.9. The van der Waals surface area contributed by atoms with Gasteiger partial charge in [-0.3, -0.25) is 4.18 Å². The van der Waals surface area contributed by atoms with Gasteiger partial charge in [-0.1, -0.05) is 0 Å². The van der Waals surface area contributed by atoms with Crippen LogP contribution in [0.15, 0.2) is 0 Å². The first-order valence-electron chi connectivity index (χ1n) is 3.38. The summed E-state index contributed by atoms with van der Waals surface area (Å²) < 4.78 is 26.3. The van der Waals surface area contributed by atoms with E-state index in [2.05, 4.69) is 4.18 Å². The number of rotatable bonds is 5. The zero-order valence-electron chi connectivity index (χ0n) is 6.49. The van der Waals surface area contributed by atoms with Gasteiger partial charge in [0.1, 0.15) is 5.37 Å². The van der Waals surface area contributed by atoms with Crippen molar-refractivity contribution < 1.29 is 12.6 Å². The Balaban J connectivity index is 4.07. The van der Waals surface area contributed by atoms with Crippen LogP contribution in [-0.2, 0) is 14.3 Å². The lowest BCUT2D eigenvalue weighted by Gasteiger charge is -2.09. The first-order chi connectivity index (χ1) is 5.04. The SMILES string of the molecule is CCOS(=O)(=O)C(N)CCN. The van der Waals surface area contributed by atoms with Crippen molar-refractivity contribution in [1.82, 2.24) is 0 Å². The third-order valence-electron chi connectivity index (χ3n) is 1.10. The molecule has 0 radical (unpaired) electrons. The summed E-state index contributed by atoms with van der Waals surface area (Å²) in [6.07, 6.45) is 0.225. The standard InChI is InChI=1S/C5H14N2O3S/c1-2-10-11(8,9)5(7)3-4-6/h5H,2-4,6-7H2,1H3. The highest BCUT2D eigenvalue weighted by molar-refractivity contribution is 7.87. The number of hydrogen-bond acceptors (Lipinski definition) is 5. The molecule has 0 saturated carbocycles. The van der Waals surface area contributed by atoms with Crippen molar-refractivity contribution in [3.63, 3.8) is 0 Å². The highest BCUT2D eigenvalue weighted by atomic mass is 32.2. The van der Waals surface area contributed by atoms with Crippen LogP contribution < -0.4 is 11.5 Å². The van der Waals surface area contributed by atoms with E-state index >= 15 is 0 Å². The molecule has 0 amide bonds. The van der Waals surface area contributed by atoms with Crippen LogP contribution in [0, 0.1) is 0 Å². The van der Waals surface area contributed by atoms with Gasteiger partial charge in [-0.05, 0) is 19.9 Å². The minimum absolute atomic E-state index is 0.112. The van der Waals surface area contributed by atoms with Gasteiger partial charge in [0, 0.05) is 0 Å². The molecule has 0 aromatic carbocycles. The van der Waals surface area contributed by atoms with E-state index in [1.54, 1.807) is 6.92 Å². The topological polar surface area (TPSA) is 95.4 Å². The van der Waals surface area contributed by atoms with Gasteiger partial charge < -0.3 is 11.5 Å². The van der Waals surface area contributed by atoms with Gasteiger partial charge >= 0.3 is 0 Å². The Labute approximate surface area is 66.8 Å². The fourth-order valence-corrected chi connectivity index (χ4v) is 1.49. The average Bonchev–Trinajstić information content (AvgIpc) is 1.88. The van der Waals surface area contributed by atoms with Crippen molar-refractivity contribution in [2.75, 3.05) is 13.2 Å². The molecule has 0 saturated heterocycles. The summed E-state index contributed by atoms with van der Waals surface area (Å²) in [4.78, 5) is 0. The molecule has 6 heteroatoms. The first-order valence-corrected chi connectivity index (χ1v) is 4.85. The van der Waals surface area contributed by atoms with Crippen molar-refractivity contribution >= 4 is 10.1 Å². The molecule has 4 N–H and O–H groups in total. The van der Waals surface area contributed by atoms with E-state index in [1.165, 1.54) is 0 Å². The smallest absolute Gasteiger partial charge is 0.283 e. The second-order valence-electron chi connectivity index (χ2n) is 2.02. The lowest BCUT2D eigenvalue weighted by atomic mass is 10.4. The predicted octanol–water partition coefficient (Wildman–Crippen LogP) is -1.01. The minimum Gasteiger partial charge on any atom is -0.330 e. The number of hydrogen-bond donors (Lipinski definition) is 2. The van der Waals surface area contributed by atoms with Crippen molar-refractivity contribution in [3.8, 4) is 0 Å². The van der Waals surface area contributed by atoms with E-state index in [-0.39, 0.29) is 19.6 Å². The molecule has 0 fully saturated rings. The van der Waals surface area contributed by atoms with Gasteiger partial charge in [0.15, 0.2) is 0 Å². The molecular weight excluding hydrogens is 168 g/mol. The number of nitrogens with two attached hydrogens (primary N) is 2. The lowest BCUT2D eigenvalue weighted by molar-refractivity contribution is 0.329. The van der Waals surface area contributed by atoms with E-state index in [9.17, 15) is 8.42 Å². The summed E-state index contributed by atoms with van der Waals surface area (Å²) in [5.74, 6) is 0. The van der Waals surface area contributed by atoms with Gasteiger partial charge in [0.2, 0.25) is 0 Å². The zero-order chi connectivity index (χ0) is 8.91. The van der Waals surface area contributed by atoms with E-state index in [1.807, 2.05) is 0 Å². The molecule has 11 heavy (non-hydrogen) atoms. The molecule has 0 rings (SSSR count). The summed E-state index contributed by atoms with van der Waals surface area (Å²) in [5, 5.41) is -0.993. The second kappa shape index (κ2) is 4.66. The fourth-order valence-electron chi connectivity index (χ4n) is 0.560. The van der Waals surface area contributed by atoms with E-state index in [0.717, 1.165) is 0 Å². The van der Waals surface area contributed by atoms with Gasteiger partial charge in [0.25, 0.3) is 10.1 Å². The Bertz CT molecular complexity index is 190. The lowest BCUT2D eigenvalue weighted by Crippen LogP contribution is -2.34. The Kier molecular flexibility index (Phi) is 4.58. The van der Waals surface area contributed by atoms with E-state index in [4.69, 9.17) is 11.5 Å². The van der Waals surface area contributed by atoms with Gasteiger partial charge in [-0.2, -0.15) is 8.42 Å². The zero-order valence-corrected chi connectivity index (χ0v) is 7.30. The molecule has 68 valence electrons. The molecule has 0 aliphatic heterocycles. The second-order valence-corrected chi connectivity index (χ2v) is 3.84. The first kappa shape index (κ1) is 10.8. The van der Waals surface area contributed by atoms with E-state index < -0.39 is 15.5 Å². The highest BCUT2D eigenvalue weighted by Gasteiger charge is 2.20. The maximum absolute atomic E-state index is 10.9. The Hall–Kier alpha value is -0.170. The molecule has 0 heterocycles. The molecule has 0 aromatic rings. The molecule has 0 aliphatic rings. The molecule has 0 aliphatic carbocycles. The third-order valence-corrected chi connectivity index (χ3v) is 2.65. The summed E-state index contributed by atoms with van der Waals surface area (Å²) in [6.45, 7) is 1.95. The quantitative estimate of drug-likeness (QED) is 0.531. The highest BCUT2D eigenvalue weighted by Crippen LogP contribution is 2.01. The fraction of sp³-hybridized carbons (Fsp3) is 1.00. The van der Waals surface area contributed by atoms with Crippen LogP contribution in [0.25, 0.3) is 0 Å². The van der Waals surface area contributed by atoms with Gasteiger partial charge in [-0.25, -0.2) is 0 Å². The molecule has 0 aromatic heterocycles. The summed E-state index contributed by atoms with van der Waals surface area (Å²) >= 11 is 0. The van der Waals surface area contributed by atoms with Crippen molar-refractivity contribution in [3.05, 3.63) is 0 Å². The summed E-state index contributed by atoms with van der Waals surface area (Å²) in [7, 11) is -3.57. The normalized spacial score (nSPS) is 14.8. The average molecular weight is 182 g/mol. The van der Waals surface area contributed by atoms with Crippen LogP contribution in [0.3, 0.4) is 0 Å². The minimum atomic E-state index is -3.57. The van der Waals surface area contributed by atoms with Crippen molar-refractivity contribution in [1.29, 1.82) is 0 Å². The monoisotopic (exact) mass is 182 g/mol. The molecule has 1 unspecified atom stereocenters. The van der Waals surface area contributed by atoms with Crippen LogP contribution >= 0.6 is 0 Å². The van der Waals surface area contributed by atoms with Crippen LogP contribution in [0.1, 0.15) is 13.3 Å². The maximum Gasteiger partial charge on any atom is 0.283 e. The predicted molar refractivity (Wildman–Crippen MR) is 42.2 cm³/mol. The largest absolute Gasteiger partial charge is 0.330 e. The Morgan fingerprint density at radius 3 is 2.45 bits per heavy atom. The Morgan fingerprint density at radius 1 is 1.55 bits per heavy atom. The van der Waals surface area contributed by atoms with Crippen LogP contribution in [0.4, 0.5) is 0 Å². The van der Waals surface area contributed by atoms with Gasteiger partial charge in [0.05, 0.1) is 6.61 Å². The van der Waals surface area contributed by atoms with Gasteiger partial charge in [-0.15, -0.1) is 0 Å². The van der Waals surface area contributed by atoms with Crippen LogP contribution in [-0.4, -0.2) is 26.9 Å². The van der Waals surface area contributed by atoms with Crippen LogP contribution in [0.5, 0.6) is 0 Å². The summed E-state index contributed by atoms with van der Waals surface area (Å²) in [5.41, 5.74) is 10.4.